The summed E-state index contributed by atoms with van der Waals surface area (Å²) in [5, 5.41) is 2.33. The summed E-state index contributed by atoms with van der Waals surface area (Å²) in [5.41, 5.74) is 0.558. The zero-order valence-electron chi connectivity index (χ0n) is 19.5. The van der Waals surface area contributed by atoms with E-state index in [0.717, 1.165) is 17.7 Å². The fraction of sp³-hybridized carbons (Fsp3) is 0.625. The number of thioether (sulfide) groups is 1. The third-order valence-corrected chi connectivity index (χ3v) is 7.77. The minimum absolute atomic E-state index is 0.0601. The normalized spacial score (nSPS) is 34.4. The van der Waals surface area contributed by atoms with E-state index in [4.69, 9.17) is 18.9 Å². The predicted octanol–water partition coefficient (Wildman–Crippen LogP) is 3.50. The third-order valence-electron chi connectivity index (χ3n) is 6.76. The first-order valence-corrected chi connectivity index (χ1v) is 12.3. The summed E-state index contributed by atoms with van der Waals surface area (Å²) < 4.78 is 23.6. The lowest BCUT2D eigenvalue weighted by Crippen LogP contribution is -2.56. The van der Waals surface area contributed by atoms with Gasteiger partial charge in [-0.1, -0.05) is 11.6 Å². The highest BCUT2D eigenvalue weighted by molar-refractivity contribution is 8.00. The maximum absolute atomic E-state index is 12.5. The standard InChI is InChI=1S/C24H32N2O6S/c1-15(2)5-6-18-23(3,32-18)21-20(29-4)17(7-10-24(21)14-30-24)31-22(28)26-19(27)13-33-16-8-11-25-12-9-16/h5,8-9,11-12,17-18,20-21H,6-7,10,13-14H2,1-4H3,(H,26,27,28). The van der Waals surface area contributed by atoms with Crippen LogP contribution < -0.4 is 5.32 Å². The average molecular weight is 477 g/mol. The van der Waals surface area contributed by atoms with Crippen LogP contribution >= 0.6 is 11.8 Å². The lowest BCUT2D eigenvalue weighted by atomic mass is 9.68. The Labute approximate surface area is 198 Å². The van der Waals surface area contributed by atoms with Crippen molar-refractivity contribution in [1.82, 2.24) is 10.3 Å². The quantitative estimate of drug-likeness (QED) is 0.346. The zero-order chi connectivity index (χ0) is 23.6. The summed E-state index contributed by atoms with van der Waals surface area (Å²) in [6.07, 6.45) is 6.15. The van der Waals surface area contributed by atoms with Gasteiger partial charge in [0, 0.05) is 24.4 Å². The number of imide groups is 1. The number of hydrogen-bond acceptors (Lipinski definition) is 8. The van der Waals surface area contributed by atoms with Gasteiger partial charge in [-0.2, -0.15) is 0 Å². The van der Waals surface area contributed by atoms with Gasteiger partial charge < -0.3 is 18.9 Å². The first kappa shape index (κ1) is 24.2. The molecule has 2 aliphatic heterocycles. The summed E-state index contributed by atoms with van der Waals surface area (Å²) in [5.74, 6) is -0.367. The van der Waals surface area contributed by atoms with Gasteiger partial charge in [-0.3, -0.25) is 15.1 Å². The van der Waals surface area contributed by atoms with Gasteiger partial charge in [0.25, 0.3) is 0 Å². The molecule has 1 aromatic rings. The molecule has 3 fully saturated rings. The maximum atomic E-state index is 12.5. The Morgan fingerprint density at radius 1 is 1.33 bits per heavy atom. The third kappa shape index (κ3) is 5.42. The van der Waals surface area contributed by atoms with Crippen molar-refractivity contribution in [2.24, 2.45) is 5.92 Å². The van der Waals surface area contributed by atoms with Crippen molar-refractivity contribution in [1.29, 1.82) is 0 Å². The first-order chi connectivity index (χ1) is 15.8. The molecule has 6 unspecified atom stereocenters. The topological polar surface area (TPSA) is 103 Å². The van der Waals surface area contributed by atoms with Crippen LogP contribution in [-0.2, 0) is 23.7 Å². The lowest BCUT2D eigenvalue weighted by molar-refractivity contribution is -0.124. The SMILES string of the molecule is COC1C(OC(=O)NC(=O)CSc2ccncc2)CCC2(CO2)C1C1(C)OC1CC=C(C)C. The van der Waals surface area contributed by atoms with E-state index in [1.54, 1.807) is 19.5 Å². The molecular formula is C24H32N2O6S. The number of aromatic nitrogens is 1. The number of methoxy groups -OCH3 is 1. The Bertz CT molecular complexity index is 901. The van der Waals surface area contributed by atoms with E-state index in [9.17, 15) is 9.59 Å². The van der Waals surface area contributed by atoms with Gasteiger partial charge in [0.05, 0.1) is 24.4 Å². The number of carbonyl (C=O) groups excluding carboxylic acids is 2. The molecular weight excluding hydrogens is 444 g/mol. The van der Waals surface area contributed by atoms with Gasteiger partial charge in [0.1, 0.15) is 23.4 Å². The van der Waals surface area contributed by atoms with Crippen molar-refractivity contribution >= 4 is 23.8 Å². The molecule has 3 aliphatic rings. The number of allylic oxidation sites excluding steroid dienone is 1. The van der Waals surface area contributed by atoms with Crippen molar-refractivity contribution in [3.63, 3.8) is 0 Å². The van der Waals surface area contributed by atoms with Gasteiger partial charge in [0.15, 0.2) is 0 Å². The van der Waals surface area contributed by atoms with Crippen molar-refractivity contribution < 1.29 is 28.5 Å². The zero-order valence-corrected chi connectivity index (χ0v) is 20.4. The molecule has 1 spiro atoms. The minimum atomic E-state index is -0.753. The molecule has 9 heteroatoms. The Morgan fingerprint density at radius 2 is 2.06 bits per heavy atom. The number of rotatable bonds is 8. The van der Waals surface area contributed by atoms with Gasteiger partial charge in [-0.15, -0.1) is 11.8 Å². The molecule has 2 amide bonds. The first-order valence-electron chi connectivity index (χ1n) is 11.3. The number of nitrogens with one attached hydrogen (secondary N) is 1. The molecule has 0 bridgehead atoms. The molecule has 1 N–H and O–H groups in total. The van der Waals surface area contributed by atoms with Crippen LogP contribution in [0.3, 0.4) is 0 Å². The van der Waals surface area contributed by atoms with E-state index in [-0.39, 0.29) is 29.5 Å². The molecule has 6 atom stereocenters. The molecule has 1 saturated carbocycles. The molecule has 8 nitrogen and oxygen atoms in total. The van der Waals surface area contributed by atoms with Crippen molar-refractivity contribution in [3.05, 3.63) is 36.2 Å². The summed E-state index contributed by atoms with van der Waals surface area (Å²) >= 11 is 1.33. The van der Waals surface area contributed by atoms with E-state index < -0.39 is 23.7 Å². The molecule has 33 heavy (non-hydrogen) atoms. The van der Waals surface area contributed by atoms with Crippen LogP contribution in [0.2, 0.25) is 0 Å². The number of alkyl carbamates (subject to hydrolysis) is 1. The molecule has 3 heterocycles. The fourth-order valence-electron chi connectivity index (χ4n) is 4.97. The smallest absolute Gasteiger partial charge is 0.414 e. The Kier molecular flexibility index (Phi) is 7.14. The summed E-state index contributed by atoms with van der Waals surface area (Å²) in [4.78, 5) is 29.5. The Hall–Kier alpha value is -1.94. The summed E-state index contributed by atoms with van der Waals surface area (Å²) in [6.45, 7) is 6.90. The van der Waals surface area contributed by atoms with Crippen molar-refractivity contribution in [3.8, 4) is 0 Å². The van der Waals surface area contributed by atoms with Crippen LogP contribution in [0.25, 0.3) is 0 Å². The second-order valence-corrected chi connectivity index (χ2v) is 10.4. The van der Waals surface area contributed by atoms with Crippen molar-refractivity contribution in [2.75, 3.05) is 19.5 Å². The Morgan fingerprint density at radius 3 is 2.70 bits per heavy atom. The van der Waals surface area contributed by atoms with Crippen LogP contribution in [0, 0.1) is 5.92 Å². The molecule has 4 rings (SSSR count). The molecule has 180 valence electrons. The number of pyridine rings is 1. The monoisotopic (exact) mass is 476 g/mol. The largest absolute Gasteiger partial charge is 0.443 e. The lowest BCUT2D eigenvalue weighted by Gasteiger charge is -2.42. The van der Waals surface area contributed by atoms with E-state index in [1.165, 1.54) is 17.3 Å². The fourth-order valence-corrected chi connectivity index (χ4v) is 5.65. The number of carbonyl (C=O) groups is 2. The van der Waals surface area contributed by atoms with Gasteiger partial charge >= 0.3 is 6.09 Å². The minimum Gasteiger partial charge on any atom is -0.443 e. The van der Waals surface area contributed by atoms with E-state index in [2.05, 4.69) is 37.1 Å². The second-order valence-electron chi connectivity index (χ2n) is 9.34. The molecule has 1 aliphatic carbocycles. The van der Waals surface area contributed by atoms with Crippen LogP contribution in [0.1, 0.15) is 40.0 Å². The summed E-state index contributed by atoms with van der Waals surface area (Å²) in [6, 6.07) is 3.62. The number of ether oxygens (including phenoxy) is 4. The number of nitrogens with zero attached hydrogens (tertiary/aromatic N) is 1. The highest BCUT2D eigenvalue weighted by atomic mass is 32.2. The molecule has 0 radical (unpaired) electrons. The number of epoxide rings is 2. The molecule has 0 aromatic carbocycles. The highest BCUT2D eigenvalue weighted by Gasteiger charge is 2.72. The van der Waals surface area contributed by atoms with Gasteiger partial charge in [-0.25, -0.2) is 4.79 Å². The Balaban J connectivity index is 1.35. The van der Waals surface area contributed by atoms with E-state index >= 15 is 0 Å². The van der Waals surface area contributed by atoms with E-state index in [0.29, 0.717) is 13.0 Å². The molecule has 2 saturated heterocycles. The number of hydrogen-bond donors (Lipinski definition) is 1. The number of amides is 2. The van der Waals surface area contributed by atoms with Gasteiger partial charge in [-0.05, 0) is 52.2 Å². The van der Waals surface area contributed by atoms with Gasteiger partial charge in [0.2, 0.25) is 5.91 Å². The van der Waals surface area contributed by atoms with Crippen LogP contribution in [-0.4, -0.2) is 66.0 Å². The predicted molar refractivity (Wildman–Crippen MR) is 123 cm³/mol. The van der Waals surface area contributed by atoms with Crippen LogP contribution in [0.15, 0.2) is 41.1 Å². The van der Waals surface area contributed by atoms with Crippen LogP contribution in [0.5, 0.6) is 0 Å². The highest BCUT2D eigenvalue weighted by Crippen LogP contribution is 2.59. The van der Waals surface area contributed by atoms with E-state index in [1.807, 2.05) is 12.1 Å². The molecule has 1 aromatic heterocycles. The maximum Gasteiger partial charge on any atom is 0.414 e. The summed E-state index contributed by atoms with van der Waals surface area (Å²) in [7, 11) is 1.63. The van der Waals surface area contributed by atoms with Crippen molar-refractivity contribution in [2.45, 2.75) is 74.4 Å². The average Bonchev–Trinajstić information content (AvgIpc) is 3.70. The van der Waals surface area contributed by atoms with Crippen LogP contribution in [0.4, 0.5) is 4.79 Å². The second kappa shape index (κ2) is 9.74.